The Hall–Kier alpha value is -3.94. The first-order chi connectivity index (χ1) is 15.0. The summed E-state index contributed by atoms with van der Waals surface area (Å²) in [7, 11) is 8.79. The highest BCUT2D eigenvalue weighted by atomic mass is 16.5. The van der Waals surface area contributed by atoms with Gasteiger partial charge in [-0.2, -0.15) is 0 Å². The van der Waals surface area contributed by atoms with Crippen LogP contribution in [-0.4, -0.2) is 42.4 Å². The third-order valence-corrected chi connectivity index (χ3v) is 4.88. The number of pyridine rings is 3. The molecular formula is C23H18BN3O4. The molecule has 0 aliphatic heterocycles. The van der Waals surface area contributed by atoms with Crippen molar-refractivity contribution >= 4 is 30.3 Å². The first-order valence-electron chi connectivity index (χ1n) is 9.48. The molecule has 3 aromatic heterocycles. The molecule has 3 heterocycles. The van der Waals surface area contributed by atoms with Crippen LogP contribution in [-0.2, 0) is 6.54 Å². The van der Waals surface area contributed by atoms with Gasteiger partial charge in [-0.25, -0.2) is 4.98 Å². The molecule has 7 nitrogen and oxygen atoms in total. The number of benzene rings is 1. The molecule has 0 saturated heterocycles. The topological polar surface area (TPSA) is 83.3 Å². The van der Waals surface area contributed by atoms with Crippen LogP contribution in [0.2, 0.25) is 0 Å². The van der Waals surface area contributed by atoms with E-state index in [-0.39, 0.29) is 11.0 Å². The van der Waals surface area contributed by atoms with E-state index >= 15 is 0 Å². The largest absolute Gasteiger partial charge is 0.493 e. The van der Waals surface area contributed by atoms with Crippen LogP contribution in [0.25, 0.3) is 11.0 Å². The van der Waals surface area contributed by atoms with Crippen LogP contribution in [0.3, 0.4) is 0 Å². The van der Waals surface area contributed by atoms with Gasteiger partial charge in [-0.15, -0.1) is 0 Å². The van der Waals surface area contributed by atoms with Crippen molar-refractivity contribution in [2.45, 2.75) is 6.54 Å². The summed E-state index contributed by atoms with van der Waals surface area (Å²) in [4.78, 5) is 35.0. The Morgan fingerprint density at radius 2 is 1.87 bits per heavy atom. The average Bonchev–Trinajstić information content (AvgIpc) is 2.80. The van der Waals surface area contributed by atoms with Crippen LogP contribution in [0.5, 0.6) is 11.5 Å². The molecule has 31 heavy (non-hydrogen) atoms. The molecule has 0 N–H and O–H groups in total. The normalized spacial score (nSPS) is 10.8. The zero-order chi connectivity index (χ0) is 22.0. The summed E-state index contributed by atoms with van der Waals surface area (Å²) in [6.07, 6.45) is 3.11. The standard InChI is InChI=1S/C23H18BN3O4/c1-30-18-9-8-14(11-19(18)31-2)21(28)17-13-27(12-15-5-3-7-20(24)26-15)23-16(22(17)29)6-4-10-25-23/h3-11,13H,12H2,1-2H3. The molecule has 0 saturated carbocycles. The lowest BCUT2D eigenvalue weighted by molar-refractivity contribution is 0.103. The highest BCUT2D eigenvalue weighted by molar-refractivity contribution is 6.30. The van der Waals surface area contributed by atoms with E-state index in [0.29, 0.717) is 45.9 Å². The molecule has 1 aromatic carbocycles. The summed E-state index contributed by atoms with van der Waals surface area (Å²) in [5.41, 5.74) is 1.47. The molecule has 152 valence electrons. The van der Waals surface area contributed by atoms with Crippen molar-refractivity contribution in [2.24, 2.45) is 0 Å². The lowest BCUT2D eigenvalue weighted by atomic mass is 10.0. The zero-order valence-corrected chi connectivity index (χ0v) is 17.0. The summed E-state index contributed by atoms with van der Waals surface area (Å²) in [6.45, 7) is 0.297. The predicted octanol–water partition coefficient (Wildman–Crippen LogP) is 1.88. The Morgan fingerprint density at radius 3 is 2.61 bits per heavy atom. The van der Waals surface area contributed by atoms with Gasteiger partial charge in [-0.1, -0.05) is 12.1 Å². The summed E-state index contributed by atoms with van der Waals surface area (Å²) in [5.74, 6) is 0.470. The molecule has 2 radical (unpaired) electrons. The number of fused-ring (bicyclic) bond motifs is 1. The van der Waals surface area contributed by atoms with E-state index in [1.807, 2.05) is 6.07 Å². The van der Waals surface area contributed by atoms with Gasteiger partial charge in [0, 0.05) is 18.0 Å². The van der Waals surface area contributed by atoms with E-state index in [1.165, 1.54) is 20.4 Å². The van der Waals surface area contributed by atoms with Gasteiger partial charge < -0.3 is 14.0 Å². The SMILES string of the molecule is [B]c1cccc(Cn2cc(C(=O)c3ccc(OC)c(OC)c3)c(=O)c3cccnc32)n1. The van der Waals surface area contributed by atoms with Gasteiger partial charge >= 0.3 is 0 Å². The Labute approximate surface area is 179 Å². The van der Waals surface area contributed by atoms with Crippen molar-refractivity contribution in [1.29, 1.82) is 0 Å². The van der Waals surface area contributed by atoms with Crippen LogP contribution in [0, 0.1) is 0 Å². The van der Waals surface area contributed by atoms with Crippen LogP contribution >= 0.6 is 0 Å². The molecule has 4 rings (SSSR count). The van der Waals surface area contributed by atoms with E-state index in [2.05, 4.69) is 9.97 Å². The Bertz CT molecular complexity index is 1350. The van der Waals surface area contributed by atoms with Crippen molar-refractivity contribution in [3.63, 3.8) is 0 Å². The lowest BCUT2D eigenvalue weighted by Gasteiger charge is -2.13. The number of carbonyl (C=O) groups is 1. The van der Waals surface area contributed by atoms with Gasteiger partial charge in [-0.3, -0.25) is 14.6 Å². The summed E-state index contributed by atoms with van der Waals surface area (Å²) in [5, 5.41) is 0.345. The minimum Gasteiger partial charge on any atom is -0.493 e. The van der Waals surface area contributed by atoms with Gasteiger partial charge in [0.15, 0.2) is 17.3 Å². The number of aromatic nitrogens is 3. The Morgan fingerprint density at radius 1 is 1.06 bits per heavy atom. The number of hydrogen-bond donors (Lipinski definition) is 0. The third-order valence-electron chi connectivity index (χ3n) is 4.88. The molecule has 4 aromatic rings. The number of ketones is 1. The molecule has 0 unspecified atom stereocenters. The first-order valence-corrected chi connectivity index (χ1v) is 9.48. The number of ether oxygens (including phenoxy) is 2. The lowest BCUT2D eigenvalue weighted by Crippen LogP contribution is -2.21. The van der Waals surface area contributed by atoms with Crippen molar-refractivity contribution in [1.82, 2.24) is 14.5 Å². The van der Waals surface area contributed by atoms with Crippen molar-refractivity contribution in [3.05, 3.63) is 88.0 Å². The Balaban J connectivity index is 1.85. The van der Waals surface area contributed by atoms with Crippen molar-refractivity contribution in [3.8, 4) is 11.5 Å². The van der Waals surface area contributed by atoms with E-state index in [4.69, 9.17) is 17.3 Å². The van der Waals surface area contributed by atoms with Crippen molar-refractivity contribution in [2.75, 3.05) is 14.2 Å². The predicted molar refractivity (Wildman–Crippen MR) is 118 cm³/mol. The minimum absolute atomic E-state index is 0.0247. The van der Waals surface area contributed by atoms with Gasteiger partial charge in [0.05, 0.1) is 37.4 Å². The van der Waals surface area contributed by atoms with Crippen LogP contribution in [0.4, 0.5) is 0 Å². The number of hydrogen-bond acceptors (Lipinski definition) is 6. The highest BCUT2D eigenvalue weighted by Gasteiger charge is 2.19. The highest BCUT2D eigenvalue weighted by Crippen LogP contribution is 2.28. The molecule has 8 heteroatoms. The Kier molecular flexibility index (Phi) is 5.53. The van der Waals surface area contributed by atoms with E-state index in [0.717, 1.165) is 0 Å². The summed E-state index contributed by atoms with van der Waals surface area (Å²) >= 11 is 0. The maximum atomic E-state index is 13.3. The van der Waals surface area contributed by atoms with Crippen LogP contribution < -0.4 is 20.5 Å². The van der Waals surface area contributed by atoms with Crippen LogP contribution in [0.1, 0.15) is 21.6 Å². The van der Waals surface area contributed by atoms with E-state index in [9.17, 15) is 9.59 Å². The molecule has 0 aliphatic carbocycles. The minimum atomic E-state index is -0.425. The smallest absolute Gasteiger partial charge is 0.202 e. The second-order valence-electron chi connectivity index (χ2n) is 6.83. The quantitative estimate of drug-likeness (QED) is 0.356. The maximum Gasteiger partial charge on any atom is 0.202 e. The number of nitrogens with zero attached hydrogens (tertiary/aromatic N) is 3. The molecule has 0 spiro atoms. The van der Waals surface area contributed by atoms with Gasteiger partial charge in [0.25, 0.3) is 0 Å². The fourth-order valence-electron chi connectivity index (χ4n) is 3.40. The summed E-state index contributed by atoms with van der Waals surface area (Å²) < 4.78 is 12.2. The molecule has 0 fully saturated rings. The average molecular weight is 411 g/mol. The van der Waals surface area contributed by atoms with Crippen molar-refractivity contribution < 1.29 is 14.3 Å². The fraction of sp³-hybridized carbons (Fsp3) is 0.130. The number of rotatable bonds is 6. The second-order valence-corrected chi connectivity index (χ2v) is 6.83. The number of methoxy groups -OCH3 is 2. The van der Waals surface area contributed by atoms with Gasteiger partial charge in [-0.05, 0) is 42.0 Å². The van der Waals surface area contributed by atoms with E-state index in [1.54, 1.807) is 53.2 Å². The third kappa shape index (κ3) is 3.92. The maximum absolute atomic E-state index is 13.3. The monoisotopic (exact) mass is 411 g/mol. The zero-order valence-electron chi connectivity index (χ0n) is 17.0. The first kappa shape index (κ1) is 20.3. The second kappa shape index (κ2) is 8.43. The number of carbonyl (C=O) groups excluding carboxylic acids is 1. The summed E-state index contributed by atoms with van der Waals surface area (Å²) in [6, 6.07) is 13.4. The molecule has 0 amide bonds. The van der Waals surface area contributed by atoms with E-state index < -0.39 is 5.78 Å². The van der Waals surface area contributed by atoms with Gasteiger partial charge in [0.2, 0.25) is 5.43 Å². The van der Waals surface area contributed by atoms with Gasteiger partial charge in [0.1, 0.15) is 13.5 Å². The van der Waals surface area contributed by atoms with Crippen LogP contribution in [0.15, 0.2) is 65.7 Å². The molecule has 0 atom stereocenters. The fourth-order valence-corrected chi connectivity index (χ4v) is 3.40. The molecular weight excluding hydrogens is 393 g/mol. The molecule has 0 aliphatic rings. The molecule has 0 bridgehead atoms.